The summed E-state index contributed by atoms with van der Waals surface area (Å²) in [4.78, 5) is 13.5. The van der Waals surface area contributed by atoms with Gasteiger partial charge in [0.15, 0.2) is 0 Å². The van der Waals surface area contributed by atoms with Crippen LogP contribution in [-0.2, 0) is 16.1 Å². The molecule has 1 heterocycles. The standard InChI is InChI=1S/C13H17NO3.ClH/c1-17-13(16)12-7-11(15)9-14(12)8-10-5-3-2-4-6-10;/h2-6,11-12,15H,7-9H2,1H3;1H/t11-,12+;/m1./s1. The van der Waals surface area contributed by atoms with Crippen LogP contribution in [0.15, 0.2) is 30.3 Å². The van der Waals surface area contributed by atoms with Gasteiger partial charge in [-0.15, -0.1) is 12.4 Å². The number of esters is 1. The Labute approximate surface area is 113 Å². The maximum atomic E-state index is 11.6. The summed E-state index contributed by atoms with van der Waals surface area (Å²) in [6, 6.07) is 9.59. The number of benzene rings is 1. The van der Waals surface area contributed by atoms with Gasteiger partial charge in [-0.25, -0.2) is 0 Å². The molecule has 0 unspecified atom stereocenters. The summed E-state index contributed by atoms with van der Waals surface area (Å²) in [6.07, 6.45) is 0.0160. The first kappa shape index (κ1) is 15.0. The average Bonchev–Trinajstić information content (AvgIpc) is 2.70. The fourth-order valence-corrected chi connectivity index (χ4v) is 2.25. The minimum Gasteiger partial charge on any atom is -0.468 e. The Hall–Kier alpha value is -1.10. The molecule has 1 saturated heterocycles. The van der Waals surface area contributed by atoms with E-state index in [1.165, 1.54) is 7.11 Å². The van der Waals surface area contributed by atoms with Gasteiger partial charge in [-0.2, -0.15) is 0 Å². The van der Waals surface area contributed by atoms with Gasteiger partial charge < -0.3 is 9.84 Å². The minimum atomic E-state index is -0.442. The summed E-state index contributed by atoms with van der Waals surface area (Å²) in [7, 11) is 1.38. The second kappa shape index (κ2) is 6.73. The molecule has 4 nitrogen and oxygen atoms in total. The SMILES string of the molecule is COC(=O)[C@@H]1C[C@@H](O)CN1Cc1ccccc1.Cl. The van der Waals surface area contributed by atoms with Crippen LogP contribution in [0, 0.1) is 0 Å². The zero-order chi connectivity index (χ0) is 12.3. The molecule has 0 radical (unpaired) electrons. The predicted octanol–water partition coefficient (Wildman–Crippen LogP) is 1.22. The number of rotatable bonds is 3. The lowest BCUT2D eigenvalue weighted by atomic mass is 10.2. The van der Waals surface area contributed by atoms with E-state index >= 15 is 0 Å². The smallest absolute Gasteiger partial charge is 0.323 e. The first-order valence-corrected chi connectivity index (χ1v) is 5.74. The largest absolute Gasteiger partial charge is 0.468 e. The fraction of sp³-hybridized carbons (Fsp3) is 0.462. The number of ether oxygens (including phenoxy) is 1. The van der Waals surface area contributed by atoms with Crippen LogP contribution in [0.2, 0.25) is 0 Å². The number of carbonyl (C=O) groups is 1. The van der Waals surface area contributed by atoms with Gasteiger partial charge in [0.2, 0.25) is 0 Å². The highest BCUT2D eigenvalue weighted by molar-refractivity contribution is 5.85. The zero-order valence-corrected chi connectivity index (χ0v) is 11.1. The second-order valence-electron chi connectivity index (χ2n) is 4.34. The molecular formula is C13H18ClNO3. The van der Waals surface area contributed by atoms with Gasteiger partial charge >= 0.3 is 5.97 Å². The van der Waals surface area contributed by atoms with Crippen molar-refractivity contribution in [2.75, 3.05) is 13.7 Å². The first-order valence-electron chi connectivity index (χ1n) is 5.74. The van der Waals surface area contributed by atoms with Crippen LogP contribution in [0.3, 0.4) is 0 Å². The van der Waals surface area contributed by atoms with Crippen LogP contribution >= 0.6 is 12.4 Å². The van der Waals surface area contributed by atoms with E-state index < -0.39 is 6.10 Å². The lowest BCUT2D eigenvalue weighted by Crippen LogP contribution is -2.36. The molecule has 100 valence electrons. The molecule has 0 aliphatic carbocycles. The molecule has 0 bridgehead atoms. The van der Waals surface area contributed by atoms with Gasteiger partial charge in [-0.1, -0.05) is 30.3 Å². The van der Waals surface area contributed by atoms with E-state index in [9.17, 15) is 9.90 Å². The average molecular weight is 272 g/mol. The maximum absolute atomic E-state index is 11.6. The molecule has 18 heavy (non-hydrogen) atoms. The van der Waals surface area contributed by atoms with E-state index in [0.29, 0.717) is 19.5 Å². The first-order chi connectivity index (χ1) is 8.20. The summed E-state index contributed by atoms with van der Waals surface area (Å²) in [5, 5.41) is 9.64. The summed E-state index contributed by atoms with van der Waals surface area (Å²) in [5.41, 5.74) is 1.13. The summed E-state index contributed by atoms with van der Waals surface area (Å²) in [6.45, 7) is 1.19. The molecule has 1 N–H and O–H groups in total. The number of hydrogen-bond acceptors (Lipinski definition) is 4. The Bertz CT molecular complexity index is 385. The number of aliphatic hydroxyl groups excluding tert-OH is 1. The van der Waals surface area contributed by atoms with Gasteiger partial charge in [-0.3, -0.25) is 9.69 Å². The molecule has 1 aliphatic rings. The van der Waals surface area contributed by atoms with Gasteiger partial charge in [0.05, 0.1) is 13.2 Å². The Morgan fingerprint density at radius 2 is 2.11 bits per heavy atom. The number of methoxy groups -OCH3 is 1. The zero-order valence-electron chi connectivity index (χ0n) is 10.3. The highest BCUT2D eigenvalue weighted by Gasteiger charge is 2.36. The van der Waals surface area contributed by atoms with E-state index in [1.807, 2.05) is 35.2 Å². The molecule has 1 fully saturated rings. The Kier molecular flexibility index (Phi) is 5.59. The maximum Gasteiger partial charge on any atom is 0.323 e. The Morgan fingerprint density at radius 3 is 2.72 bits per heavy atom. The Morgan fingerprint density at radius 1 is 1.44 bits per heavy atom. The van der Waals surface area contributed by atoms with Crippen molar-refractivity contribution in [3.05, 3.63) is 35.9 Å². The third-order valence-corrected chi connectivity index (χ3v) is 3.08. The molecule has 1 aromatic carbocycles. The normalized spacial score (nSPS) is 23.4. The number of aliphatic hydroxyl groups is 1. The van der Waals surface area contributed by atoms with Crippen molar-refractivity contribution in [2.45, 2.75) is 25.1 Å². The van der Waals surface area contributed by atoms with Crippen LogP contribution in [0.5, 0.6) is 0 Å². The summed E-state index contributed by atoms with van der Waals surface area (Å²) in [5.74, 6) is -0.266. The van der Waals surface area contributed by atoms with E-state index in [4.69, 9.17) is 4.74 Å². The van der Waals surface area contributed by atoms with Gasteiger partial charge in [0.25, 0.3) is 0 Å². The van der Waals surface area contributed by atoms with Crippen LogP contribution in [0.4, 0.5) is 0 Å². The summed E-state index contributed by atoms with van der Waals surface area (Å²) >= 11 is 0. The predicted molar refractivity (Wildman–Crippen MR) is 70.5 cm³/mol. The highest BCUT2D eigenvalue weighted by atomic mass is 35.5. The number of likely N-dealkylation sites (tertiary alicyclic amines) is 1. The minimum absolute atomic E-state index is 0. The fourth-order valence-electron chi connectivity index (χ4n) is 2.25. The van der Waals surface area contributed by atoms with E-state index in [2.05, 4.69) is 0 Å². The van der Waals surface area contributed by atoms with Crippen LogP contribution in [-0.4, -0.2) is 41.8 Å². The number of carbonyl (C=O) groups excluding carboxylic acids is 1. The molecule has 0 aromatic heterocycles. The van der Waals surface area contributed by atoms with E-state index in [-0.39, 0.29) is 24.4 Å². The van der Waals surface area contributed by atoms with Crippen molar-refractivity contribution in [1.82, 2.24) is 4.90 Å². The van der Waals surface area contributed by atoms with Crippen molar-refractivity contribution in [3.8, 4) is 0 Å². The van der Waals surface area contributed by atoms with E-state index in [1.54, 1.807) is 0 Å². The van der Waals surface area contributed by atoms with Gasteiger partial charge in [-0.05, 0) is 5.56 Å². The topological polar surface area (TPSA) is 49.8 Å². The molecule has 2 atom stereocenters. The van der Waals surface area contributed by atoms with Gasteiger partial charge in [0, 0.05) is 19.5 Å². The van der Waals surface area contributed by atoms with Crippen molar-refractivity contribution < 1.29 is 14.6 Å². The number of β-amino-alcohol motifs (C(OH)–C–C–N with tert-alkyl or cyclic N) is 1. The number of hydrogen-bond donors (Lipinski definition) is 1. The quantitative estimate of drug-likeness (QED) is 0.840. The van der Waals surface area contributed by atoms with Crippen molar-refractivity contribution in [2.24, 2.45) is 0 Å². The highest BCUT2D eigenvalue weighted by Crippen LogP contribution is 2.21. The number of nitrogens with zero attached hydrogens (tertiary/aromatic N) is 1. The molecule has 5 heteroatoms. The van der Waals surface area contributed by atoms with Crippen molar-refractivity contribution in [1.29, 1.82) is 0 Å². The molecule has 2 rings (SSSR count). The summed E-state index contributed by atoms with van der Waals surface area (Å²) < 4.78 is 4.76. The number of halogens is 1. The van der Waals surface area contributed by atoms with Crippen LogP contribution < -0.4 is 0 Å². The molecule has 1 aliphatic heterocycles. The lowest BCUT2D eigenvalue weighted by molar-refractivity contribution is -0.146. The van der Waals surface area contributed by atoms with E-state index in [0.717, 1.165) is 5.56 Å². The van der Waals surface area contributed by atoms with Crippen molar-refractivity contribution in [3.63, 3.8) is 0 Å². The molecule has 0 saturated carbocycles. The second-order valence-corrected chi connectivity index (χ2v) is 4.34. The Balaban J connectivity index is 0.00000162. The molecule has 0 amide bonds. The molecule has 1 aromatic rings. The molecule has 0 spiro atoms. The monoisotopic (exact) mass is 271 g/mol. The van der Waals surface area contributed by atoms with Crippen molar-refractivity contribution >= 4 is 18.4 Å². The van der Waals surface area contributed by atoms with Gasteiger partial charge in [0.1, 0.15) is 6.04 Å². The van der Waals surface area contributed by atoms with Crippen LogP contribution in [0.25, 0.3) is 0 Å². The third kappa shape index (κ3) is 3.45. The third-order valence-electron chi connectivity index (χ3n) is 3.08. The molecular weight excluding hydrogens is 254 g/mol. The lowest BCUT2D eigenvalue weighted by Gasteiger charge is -2.21. The van der Waals surface area contributed by atoms with Crippen LogP contribution in [0.1, 0.15) is 12.0 Å².